The zero-order valence-corrected chi connectivity index (χ0v) is 21.3. The fraction of sp³-hybridized carbons (Fsp3) is 0.0667. The van der Waals surface area contributed by atoms with Crippen LogP contribution in [0, 0.1) is 0 Å². The normalized spacial score (nSPS) is 12.0. The highest BCUT2D eigenvalue weighted by Gasteiger charge is 2.45. The second-order valence-corrected chi connectivity index (χ2v) is 9.16. The van der Waals surface area contributed by atoms with Crippen LogP contribution in [0.1, 0.15) is 22.5 Å². The summed E-state index contributed by atoms with van der Waals surface area (Å²) in [6.07, 6.45) is 18.3. The van der Waals surface area contributed by atoms with E-state index in [-0.39, 0.29) is 0 Å². The van der Waals surface area contributed by atoms with Gasteiger partial charge in [-0.1, -0.05) is 30.3 Å². The summed E-state index contributed by atoms with van der Waals surface area (Å²) in [7, 11) is 0. The second kappa shape index (κ2) is 9.59. The average molecular weight is 525 g/mol. The fourth-order valence-electron chi connectivity index (χ4n) is 5.44. The van der Waals surface area contributed by atoms with Gasteiger partial charge in [-0.15, -0.1) is 0 Å². The Hall–Kier alpha value is -5.64. The molecule has 7 aromatic rings. The fourth-order valence-corrected chi connectivity index (χ4v) is 5.44. The van der Waals surface area contributed by atoms with Crippen LogP contribution in [0.15, 0.2) is 147 Å². The molecule has 0 fully saturated rings. The van der Waals surface area contributed by atoms with E-state index >= 15 is 0 Å². The molecule has 0 saturated carbocycles. The summed E-state index contributed by atoms with van der Waals surface area (Å²) >= 11 is 0. The number of benzene rings is 1. The zero-order valence-electron chi connectivity index (χ0n) is 21.3. The van der Waals surface area contributed by atoms with Gasteiger partial charge in [0, 0.05) is 73.1 Å². The highest BCUT2D eigenvalue weighted by atomic mass is 15.5. The van der Waals surface area contributed by atoms with Crippen molar-refractivity contribution in [1.82, 2.24) is 49.1 Å². The summed E-state index contributed by atoms with van der Waals surface area (Å²) in [5, 5.41) is 18.9. The molecule has 0 aliphatic carbocycles. The van der Waals surface area contributed by atoms with Crippen LogP contribution in [-0.4, -0.2) is 49.1 Å². The number of hydrogen-bond acceptors (Lipinski definition) is 6. The molecule has 1 aromatic carbocycles. The van der Waals surface area contributed by atoms with Gasteiger partial charge in [0.2, 0.25) is 11.3 Å². The number of pyridine rings is 2. The maximum Gasteiger partial charge on any atom is 0.221 e. The molecule has 0 saturated heterocycles. The molecule has 0 aliphatic rings. The topological polar surface area (TPSA) is 97.1 Å². The summed E-state index contributed by atoms with van der Waals surface area (Å²) in [5.74, 6) is 0. The van der Waals surface area contributed by atoms with E-state index in [2.05, 4.69) is 18.2 Å². The molecule has 0 unspecified atom stereocenters. The maximum atomic E-state index is 4.82. The third-order valence-corrected chi connectivity index (χ3v) is 7.06. The van der Waals surface area contributed by atoms with Crippen LogP contribution < -0.4 is 0 Å². The van der Waals surface area contributed by atoms with Gasteiger partial charge < -0.3 is 0 Å². The predicted molar refractivity (Wildman–Crippen MR) is 147 cm³/mol. The Kier molecular flexibility index (Phi) is 5.63. The molecular formula is C30H24N10. The van der Waals surface area contributed by atoms with Crippen molar-refractivity contribution in [3.8, 4) is 0 Å². The largest absolute Gasteiger partial charge is 0.256 e. The van der Waals surface area contributed by atoms with Crippen molar-refractivity contribution in [1.29, 1.82) is 0 Å². The first kappa shape index (κ1) is 23.5. The van der Waals surface area contributed by atoms with Crippen molar-refractivity contribution in [3.63, 3.8) is 0 Å². The molecule has 40 heavy (non-hydrogen) atoms. The first-order valence-electron chi connectivity index (χ1n) is 12.8. The average Bonchev–Trinajstić information content (AvgIpc) is 3.85. The Bertz CT molecular complexity index is 1580. The molecule has 0 spiro atoms. The molecule has 7 rings (SSSR count). The Morgan fingerprint density at radius 2 is 0.800 bits per heavy atom. The minimum atomic E-state index is -1.03. The van der Waals surface area contributed by atoms with E-state index in [0.717, 1.165) is 22.5 Å². The van der Waals surface area contributed by atoms with Crippen molar-refractivity contribution >= 4 is 0 Å². The number of hydrogen-bond donors (Lipinski definition) is 0. The first-order chi connectivity index (χ1) is 19.8. The monoisotopic (exact) mass is 524 g/mol. The maximum absolute atomic E-state index is 4.82. The van der Waals surface area contributed by atoms with Crippen LogP contribution in [0.4, 0.5) is 0 Å². The lowest BCUT2D eigenvalue weighted by atomic mass is 9.88. The van der Waals surface area contributed by atoms with Crippen molar-refractivity contribution in [2.45, 2.75) is 11.3 Å². The molecule has 0 atom stereocenters. The third-order valence-electron chi connectivity index (χ3n) is 7.06. The van der Waals surface area contributed by atoms with Gasteiger partial charge in [0.1, 0.15) is 0 Å². The van der Waals surface area contributed by atoms with Gasteiger partial charge in [0.05, 0.1) is 11.4 Å². The van der Waals surface area contributed by atoms with E-state index in [1.165, 1.54) is 0 Å². The molecule has 6 aromatic heterocycles. The summed E-state index contributed by atoms with van der Waals surface area (Å²) in [4.78, 5) is 9.64. The minimum absolute atomic E-state index is 0.751. The molecular weight excluding hydrogens is 500 g/mol. The molecule has 10 nitrogen and oxygen atoms in total. The van der Waals surface area contributed by atoms with Crippen LogP contribution >= 0.6 is 0 Å². The Labute approximate surface area is 229 Å². The SMILES string of the molecule is c1ccc(C(c2cccc(C(c3ccccn3)(n3cccn3)n3cccn3)c2)(n2cccn2)n2cccn2)nc1. The van der Waals surface area contributed by atoms with Crippen molar-refractivity contribution in [3.05, 3.63) is 169 Å². The van der Waals surface area contributed by atoms with Gasteiger partial charge in [-0.05, 0) is 54.6 Å². The molecule has 10 heteroatoms. The van der Waals surface area contributed by atoms with Gasteiger partial charge in [0.25, 0.3) is 0 Å². The lowest BCUT2D eigenvalue weighted by Crippen LogP contribution is -2.47. The smallest absolute Gasteiger partial charge is 0.221 e. The van der Waals surface area contributed by atoms with Crippen molar-refractivity contribution in [2.75, 3.05) is 0 Å². The zero-order chi connectivity index (χ0) is 26.8. The molecule has 6 heterocycles. The standard InChI is InChI=1S/C30H24N10/c1-3-14-31-27(12-1)29(37-20-6-16-33-37,38-21-7-17-34-38)25-10-5-11-26(24-25)30(39-22-8-18-35-39,40-23-9-19-36-40)28-13-2-4-15-32-28/h1-24H. The minimum Gasteiger partial charge on any atom is -0.256 e. The van der Waals surface area contributed by atoms with E-state index in [1.54, 1.807) is 37.2 Å². The van der Waals surface area contributed by atoms with E-state index in [0.29, 0.717) is 0 Å². The van der Waals surface area contributed by atoms with Gasteiger partial charge in [0.15, 0.2) is 0 Å². The lowest BCUT2D eigenvalue weighted by molar-refractivity contribution is 0.278. The molecule has 194 valence electrons. The van der Waals surface area contributed by atoms with Gasteiger partial charge in [-0.2, -0.15) is 20.4 Å². The van der Waals surface area contributed by atoms with Crippen molar-refractivity contribution in [2.24, 2.45) is 0 Å². The number of nitrogens with zero attached hydrogens (tertiary/aromatic N) is 10. The van der Waals surface area contributed by atoms with Crippen LogP contribution in [0.2, 0.25) is 0 Å². The van der Waals surface area contributed by atoms with Crippen LogP contribution in [0.3, 0.4) is 0 Å². The highest BCUT2D eigenvalue weighted by molar-refractivity contribution is 5.44. The van der Waals surface area contributed by atoms with Gasteiger partial charge in [-0.3, -0.25) is 9.97 Å². The quantitative estimate of drug-likeness (QED) is 0.300. The Morgan fingerprint density at radius 3 is 1.10 bits per heavy atom. The van der Waals surface area contributed by atoms with Crippen LogP contribution in [-0.2, 0) is 11.3 Å². The number of aromatic nitrogens is 10. The summed E-state index contributed by atoms with van der Waals surface area (Å²) in [6, 6.07) is 27.6. The Balaban J connectivity index is 1.58. The number of rotatable bonds is 8. The van der Waals surface area contributed by atoms with Crippen LogP contribution in [0.5, 0.6) is 0 Å². The third kappa shape index (κ3) is 3.43. The predicted octanol–water partition coefficient (Wildman–Crippen LogP) is 3.86. The van der Waals surface area contributed by atoms with E-state index in [4.69, 9.17) is 30.4 Å². The molecule has 0 bridgehead atoms. The molecule has 0 N–H and O–H groups in total. The molecule has 0 radical (unpaired) electrons. The van der Waals surface area contributed by atoms with E-state index in [9.17, 15) is 0 Å². The highest BCUT2D eigenvalue weighted by Crippen LogP contribution is 2.39. The summed E-state index contributed by atoms with van der Waals surface area (Å²) in [6.45, 7) is 0. The summed E-state index contributed by atoms with van der Waals surface area (Å²) < 4.78 is 7.52. The van der Waals surface area contributed by atoms with Crippen LogP contribution in [0.25, 0.3) is 0 Å². The first-order valence-corrected chi connectivity index (χ1v) is 12.8. The second-order valence-electron chi connectivity index (χ2n) is 9.16. The van der Waals surface area contributed by atoms with E-state index in [1.807, 2.05) is 110 Å². The lowest BCUT2D eigenvalue weighted by Gasteiger charge is -2.38. The van der Waals surface area contributed by atoms with Crippen molar-refractivity contribution < 1.29 is 0 Å². The van der Waals surface area contributed by atoms with Gasteiger partial charge in [-0.25, -0.2) is 18.7 Å². The molecule has 0 amide bonds. The Morgan fingerprint density at radius 1 is 0.400 bits per heavy atom. The van der Waals surface area contributed by atoms with E-state index < -0.39 is 11.3 Å². The summed E-state index contributed by atoms with van der Waals surface area (Å²) in [5.41, 5.74) is 1.21. The molecule has 0 aliphatic heterocycles. The van der Waals surface area contributed by atoms with Gasteiger partial charge >= 0.3 is 0 Å².